The molecule has 0 radical (unpaired) electrons. The number of amides is 8. The summed E-state index contributed by atoms with van der Waals surface area (Å²) in [6.45, 7) is 47.7. The standard InChI is InChI=1S/C43H74.C40H62N4O6.C28H54N4O6/c1-9-10-11-12-13-14-15-16-17-18-19-20-21-22-23-24-26-29-39(7)43(37(4)5)35-40(8)42(36(2)3)34-38(6)32-33-41-30-27-25-28-31-41;1-5-31(3)35(43-39(47)49-29-33-23-17-15-18-24-33)37(45)41-27-21-13-11-9-7-8-10-12-14-22-28-42-38(46)36(32(4)6-2)44-40(48)50-30-34-25-19-16-20-26-34;1-7-37-27(35)31-23(21(3)4)25(33)29-19-17-15-13-11-9-10-12-14-16-18-20-30-26(34)24(22(5)6)32-28(36)38-8-2/h25,27-28,30-31,36-37,42-43H,6-24,26,29,32-35H2,1-5H3;15-20,23-26,31-32,35-36H,5-14,21-22,27-30H2,1-4H3,(H,41,45)(H,42,46)(H,43,47)(H,44,48);21-24H,7-20H2,1-6H3,(H,29,33)(H,30,34)(H,31,35)(H,32,36)/t42-,43-;31?,32?,35-,36-;23-,24-/m000/s1. The van der Waals surface area contributed by atoms with Crippen LogP contribution in [0.4, 0.5) is 19.2 Å². The van der Waals surface area contributed by atoms with Crippen LogP contribution in [0.15, 0.2) is 127 Å². The van der Waals surface area contributed by atoms with Crippen molar-refractivity contribution in [2.45, 2.75) is 424 Å². The van der Waals surface area contributed by atoms with E-state index in [9.17, 15) is 38.4 Å². The van der Waals surface area contributed by atoms with Gasteiger partial charge in [-0.2, -0.15) is 0 Å². The predicted molar refractivity (Wildman–Crippen MR) is 545 cm³/mol. The molecule has 3 aromatic rings. The smallest absolute Gasteiger partial charge is 0.408 e. The van der Waals surface area contributed by atoms with Crippen molar-refractivity contribution in [1.29, 1.82) is 0 Å². The molecular weight excluding hydrogens is 1640 g/mol. The van der Waals surface area contributed by atoms with Crippen LogP contribution in [0.25, 0.3) is 0 Å². The molecule has 0 aliphatic carbocycles. The van der Waals surface area contributed by atoms with Crippen LogP contribution in [0.2, 0.25) is 0 Å². The Hall–Kier alpha value is -8.16. The third-order valence-corrected chi connectivity index (χ3v) is 25.2. The van der Waals surface area contributed by atoms with E-state index in [1.165, 1.54) is 189 Å². The van der Waals surface area contributed by atoms with Crippen LogP contribution in [-0.2, 0) is 57.8 Å². The summed E-state index contributed by atoms with van der Waals surface area (Å²) in [4.78, 5) is 98.3. The van der Waals surface area contributed by atoms with Crippen molar-refractivity contribution < 1.29 is 57.3 Å². The molecular formula is C111H190N8O12. The summed E-state index contributed by atoms with van der Waals surface area (Å²) in [6.07, 6.45) is 51.0. The highest BCUT2D eigenvalue weighted by molar-refractivity contribution is 5.88. The van der Waals surface area contributed by atoms with Gasteiger partial charge in [-0.05, 0) is 142 Å². The summed E-state index contributed by atoms with van der Waals surface area (Å²) < 4.78 is 20.4. The molecule has 0 aliphatic rings. The fourth-order valence-corrected chi connectivity index (χ4v) is 16.2. The SMILES string of the molecule is C=C(CCc1ccccc1)C[C@H](C(=C)C[C@H](C(=C)CCCCCCCCCCCCCCCCCCC)C(C)C)C(C)C.CCC(C)[C@H](NC(=O)OCc1ccccc1)C(=O)NCCCCCCCCCCCCNC(=O)[C@@H](NC(=O)OCc1ccccc1)C(C)CC.CCOC(=O)N[C@H](C(=O)NCCCCCCCCCCCCNC(=O)[C@@H](NC(=O)OCC)C(C)C)C(C)C. The van der Waals surface area contributed by atoms with Crippen LogP contribution in [0.3, 0.4) is 0 Å². The number of rotatable bonds is 75. The second-order valence-corrected chi connectivity index (χ2v) is 38.1. The summed E-state index contributed by atoms with van der Waals surface area (Å²) in [6, 6.07) is 27.3. The first-order chi connectivity index (χ1) is 63.1. The van der Waals surface area contributed by atoms with E-state index in [0.717, 1.165) is 127 Å². The largest absolute Gasteiger partial charge is 0.450 e. The van der Waals surface area contributed by atoms with Gasteiger partial charge in [-0.15, -0.1) is 0 Å². The van der Waals surface area contributed by atoms with Gasteiger partial charge in [-0.1, -0.05) is 436 Å². The third-order valence-electron chi connectivity index (χ3n) is 25.2. The molecule has 20 nitrogen and oxygen atoms in total. The summed E-state index contributed by atoms with van der Waals surface area (Å²) in [7, 11) is 0. The van der Waals surface area contributed by atoms with Crippen LogP contribution >= 0.6 is 0 Å². The lowest BCUT2D eigenvalue weighted by molar-refractivity contribution is -0.125. The molecule has 3 rings (SSSR count). The number of allylic oxidation sites excluding steroid dienone is 3. The van der Waals surface area contributed by atoms with Crippen molar-refractivity contribution >= 4 is 48.0 Å². The summed E-state index contributed by atoms with van der Waals surface area (Å²) >= 11 is 0. The molecule has 0 bridgehead atoms. The minimum atomic E-state index is -0.626. The number of unbranched alkanes of at least 4 members (excludes halogenated alkanes) is 34. The molecule has 3 aromatic carbocycles. The van der Waals surface area contributed by atoms with Gasteiger partial charge < -0.3 is 61.5 Å². The Kier molecular flexibility index (Phi) is 74.1. The van der Waals surface area contributed by atoms with Crippen molar-refractivity contribution in [1.82, 2.24) is 42.5 Å². The highest BCUT2D eigenvalue weighted by atomic mass is 16.6. The van der Waals surface area contributed by atoms with Crippen molar-refractivity contribution in [2.24, 2.45) is 47.3 Å². The van der Waals surface area contributed by atoms with E-state index < -0.39 is 48.5 Å². The number of carbonyl (C=O) groups is 8. The van der Waals surface area contributed by atoms with E-state index >= 15 is 0 Å². The Bertz CT molecular complexity index is 3280. The Morgan fingerprint density at radius 1 is 0.282 bits per heavy atom. The van der Waals surface area contributed by atoms with E-state index in [1.54, 1.807) is 13.8 Å². The Labute approximate surface area is 798 Å². The van der Waals surface area contributed by atoms with Crippen molar-refractivity contribution in [2.75, 3.05) is 39.4 Å². The first kappa shape index (κ1) is 121. The number of ether oxygens (including phenoxy) is 4. The average Bonchev–Trinajstić information content (AvgIpc) is 0.794. The van der Waals surface area contributed by atoms with Crippen LogP contribution in [-0.4, -0.2) is 112 Å². The average molecular weight is 1830 g/mol. The maximum absolute atomic E-state index is 12.8. The Morgan fingerprint density at radius 2 is 0.542 bits per heavy atom. The molecule has 0 saturated heterocycles. The summed E-state index contributed by atoms with van der Waals surface area (Å²) in [5.41, 5.74) is 7.44. The number of aryl methyl sites for hydroxylation is 1. The Morgan fingerprint density at radius 3 is 0.824 bits per heavy atom. The number of nitrogens with one attached hydrogen (secondary N) is 8. The number of alkyl carbamates (subject to hydrolysis) is 4. The van der Waals surface area contributed by atoms with Crippen LogP contribution in [0, 0.1) is 47.3 Å². The van der Waals surface area contributed by atoms with E-state index in [0.29, 0.717) is 49.9 Å². The molecule has 8 atom stereocenters. The molecule has 20 heteroatoms. The number of hydrogen-bond donors (Lipinski definition) is 8. The predicted octanol–water partition coefficient (Wildman–Crippen LogP) is 27.1. The maximum Gasteiger partial charge on any atom is 0.408 e. The fourth-order valence-electron chi connectivity index (χ4n) is 16.2. The zero-order chi connectivity index (χ0) is 96.9. The molecule has 0 saturated carbocycles. The van der Waals surface area contributed by atoms with E-state index in [4.69, 9.17) is 18.9 Å². The lowest BCUT2D eigenvalue weighted by atomic mass is 9.75. The van der Waals surface area contributed by atoms with Gasteiger partial charge in [0, 0.05) is 26.2 Å². The van der Waals surface area contributed by atoms with E-state index in [-0.39, 0.29) is 73.7 Å². The van der Waals surface area contributed by atoms with Gasteiger partial charge >= 0.3 is 24.4 Å². The highest BCUT2D eigenvalue weighted by Crippen LogP contribution is 2.37. The molecule has 8 amide bonds. The lowest BCUT2D eigenvalue weighted by Crippen LogP contribution is -2.50. The molecule has 0 spiro atoms. The monoisotopic (exact) mass is 1830 g/mol. The van der Waals surface area contributed by atoms with Crippen LogP contribution in [0.1, 0.15) is 397 Å². The number of hydrogen-bond acceptors (Lipinski definition) is 12. The molecule has 746 valence electrons. The lowest BCUT2D eigenvalue weighted by Gasteiger charge is -2.30. The van der Waals surface area contributed by atoms with Crippen LogP contribution < -0.4 is 42.5 Å². The molecule has 131 heavy (non-hydrogen) atoms. The van der Waals surface area contributed by atoms with Crippen molar-refractivity contribution in [3.8, 4) is 0 Å². The number of carbonyl (C=O) groups excluding carboxylic acids is 8. The number of benzene rings is 3. The molecule has 2 unspecified atom stereocenters. The summed E-state index contributed by atoms with van der Waals surface area (Å²) in [5, 5.41) is 22.6. The van der Waals surface area contributed by atoms with Gasteiger partial charge in [0.2, 0.25) is 23.6 Å². The van der Waals surface area contributed by atoms with E-state index in [1.807, 2.05) is 116 Å². The fraction of sp³-hybridized carbons (Fsp3) is 0.712. The van der Waals surface area contributed by atoms with Crippen LogP contribution in [0.5, 0.6) is 0 Å². The minimum absolute atomic E-state index is 0.00897. The zero-order valence-electron chi connectivity index (χ0n) is 85.4. The summed E-state index contributed by atoms with van der Waals surface area (Å²) in [5.74, 6) is 1.55. The van der Waals surface area contributed by atoms with E-state index in [2.05, 4.69) is 127 Å². The van der Waals surface area contributed by atoms with Gasteiger partial charge in [0.1, 0.15) is 37.4 Å². The molecule has 0 heterocycles. The first-order valence-electron chi connectivity index (χ1n) is 52.1. The highest BCUT2D eigenvalue weighted by Gasteiger charge is 2.31. The normalized spacial score (nSPS) is 13.0. The first-order valence-corrected chi connectivity index (χ1v) is 52.1. The minimum Gasteiger partial charge on any atom is -0.450 e. The van der Waals surface area contributed by atoms with Crippen molar-refractivity contribution in [3.05, 3.63) is 144 Å². The molecule has 0 aromatic heterocycles. The second-order valence-electron chi connectivity index (χ2n) is 38.1. The molecule has 0 fully saturated rings. The second kappa shape index (κ2) is 80.3. The third kappa shape index (κ3) is 63.6. The van der Waals surface area contributed by atoms with Gasteiger partial charge in [-0.25, -0.2) is 19.2 Å². The van der Waals surface area contributed by atoms with Crippen molar-refractivity contribution in [3.63, 3.8) is 0 Å². The Balaban J connectivity index is 0.000000993. The maximum atomic E-state index is 12.8. The van der Waals surface area contributed by atoms with Gasteiger partial charge in [0.25, 0.3) is 0 Å². The molecule has 8 N–H and O–H groups in total. The van der Waals surface area contributed by atoms with Gasteiger partial charge in [-0.3, -0.25) is 19.2 Å². The zero-order valence-corrected chi connectivity index (χ0v) is 85.4. The topological polar surface area (TPSA) is 270 Å². The quantitative estimate of drug-likeness (QED) is 0.0149. The molecule has 0 aliphatic heterocycles. The van der Waals surface area contributed by atoms with Gasteiger partial charge in [0.05, 0.1) is 13.2 Å². The van der Waals surface area contributed by atoms with Gasteiger partial charge in [0.15, 0.2) is 0 Å².